The lowest BCUT2D eigenvalue weighted by Gasteiger charge is -2.32. The standard InChI is InChI=1S/C13H18Cl2N2O/c1-2-17-6-7-18-10(9-17)8-16-13-11(14)4-3-5-12(13)15/h3-5,10,16H,2,6-9H2,1H3. The van der Waals surface area contributed by atoms with E-state index < -0.39 is 0 Å². The minimum absolute atomic E-state index is 0.186. The summed E-state index contributed by atoms with van der Waals surface area (Å²) in [6.45, 7) is 6.70. The van der Waals surface area contributed by atoms with Gasteiger partial charge in [0.2, 0.25) is 0 Å². The summed E-state index contributed by atoms with van der Waals surface area (Å²) < 4.78 is 5.72. The summed E-state index contributed by atoms with van der Waals surface area (Å²) in [4.78, 5) is 2.38. The van der Waals surface area contributed by atoms with Gasteiger partial charge in [0.1, 0.15) is 0 Å². The largest absolute Gasteiger partial charge is 0.380 e. The van der Waals surface area contributed by atoms with E-state index in [1.165, 1.54) is 0 Å². The maximum atomic E-state index is 6.10. The van der Waals surface area contributed by atoms with E-state index in [9.17, 15) is 0 Å². The number of hydrogen-bond acceptors (Lipinski definition) is 3. The molecule has 2 rings (SSSR count). The van der Waals surface area contributed by atoms with Crippen LogP contribution in [0.1, 0.15) is 6.92 Å². The second kappa shape index (κ2) is 6.62. The Labute approximate surface area is 118 Å². The van der Waals surface area contributed by atoms with Gasteiger partial charge in [0.25, 0.3) is 0 Å². The van der Waals surface area contributed by atoms with Crippen molar-refractivity contribution in [3.63, 3.8) is 0 Å². The number of benzene rings is 1. The highest BCUT2D eigenvalue weighted by Gasteiger charge is 2.19. The molecule has 1 aromatic carbocycles. The predicted octanol–water partition coefficient (Wildman–Crippen LogP) is 3.13. The number of nitrogens with one attached hydrogen (secondary N) is 1. The molecular formula is C13H18Cl2N2O. The Balaban J connectivity index is 1.91. The highest BCUT2D eigenvalue weighted by atomic mass is 35.5. The molecule has 1 heterocycles. The van der Waals surface area contributed by atoms with E-state index in [2.05, 4.69) is 17.1 Å². The molecule has 1 N–H and O–H groups in total. The van der Waals surface area contributed by atoms with Crippen molar-refractivity contribution in [3.8, 4) is 0 Å². The molecule has 0 spiro atoms. The first kappa shape index (κ1) is 13.9. The van der Waals surface area contributed by atoms with Crippen molar-refractivity contribution in [2.75, 3.05) is 38.1 Å². The molecule has 100 valence electrons. The maximum Gasteiger partial charge on any atom is 0.0874 e. The second-order valence-corrected chi connectivity index (χ2v) is 5.18. The molecule has 1 fully saturated rings. The average Bonchev–Trinajstić information content (AvgIpc) is 2.38. The first-order valence-electron chi connectivity index (χ1n) is 6.22. The molecule has 18 heavy (non-hydrogen) atoms. The second-order valence-electron chi connectivity index (χ2n) is 4.36. The van der Waals surface area contributed by atoms with E-state index in [1.54, 1.807) is 0 Å². The number of rotatable bonds is 4. The van der Waals surface area contributed by atoms with Crippen LogP contribution in [0.4, 0.5) is 5.69 Å². The number of hydrogen-bond donors (Lipinski definition) is 1. The van der Waals surface area contributed by atoms with Crippen LogP contribution >= 0.6 is 23.2 Å². The number of halogens is 2. The number of likely N-dealkylation sites (N-methyl/N-ethyl adjacent to an activating group) is 1. The fourth-order valence-electron chi connectivity index (χ4n) is 2.07. The molecule has 0 radical (unpaired) electrons. The zero-order chi connectivity index (χ0) is 13.0. The molecule has 1 aromatic rings. The minimum Gasteiger partial charge on any atom is -0.380 e. The molecule has 0 aliphatic carbocycles. The molecule has 1 saturated heterocycles. The smallest absolute Gasteiger partial charge is 0.0874 e. The van der Waals surface area contributed by atoms with Crippen LogP contribution in [0, 0.1) is 0 Å². The van der Waals surface area contributed by atoms with E-state index >= 15 is 0 Å². The summed E-state index contributed by atoms with van der Waals surface area (Å²) in [5, 5.41) is 4.57. The van der Waals surface area contributed by atoms with E-state index in [1.807, 2.05) is 18.2 Å². The SMILES string of the molecule is CCN1CCOC(CNc2c(Cl)cccc2Cl)C1. The molecule has 5 heteroatoms. The van der Waals surface area contributed by atoms with Crippen LogP contribution in [0.2, 0.25) is 10.0 Å². The van der Waals surface area contributed by atoms with Gasteiger partial charge < -0.3 is 10.1 Å². The Kier molecular flexibility index (Phi) is 5.13. The third-order valence-corrected chi connectivity index (χ3v) is 3.77. The Morgan fingerprint density at radius 2 is 2.11 bits per heavy atom. The molecule has 1 aliphatic rings. The summed E-state index contributed by atoms with van der Waals surface area (Å²) >= 11 is 12.2. The van der Waals surface area contributed by atoms with Crippen LogP contribution < -0.4 is 5.32 Å². The van der Waals surface area contributed by atoms with Gasteiger partial charge in [-0.2, -0.15) is 0 Å². The summed E-state index contributed by atoms with van der Waals surface area (Å²) in [5.74, 6) is 0. The number of anilines is 1. The highest BCUT2D eigenvalue weighted by Crippen LogP contribution is 2.29. The van der Waals surface area contributed by atoms with Crippen LogP contribution in [0.25, 0.3) is 0 Å². The normalized spacial score (nSPS) is 20.9. The lowest BCUT2D eigenvalue weighted by Crippen LogP contribution is -2.45. The number of morpholine rings is 1. The lowest BCUT2D eigenvalue weighted by atomic mass is 10.2. The predicted molar refractivity (Wildman–Crippen MR) is 76.8 cm³/mol. The third kappa shape index (κ3) is 3.51. The van der Waals surface area contributed by atoms with Gasteiger partial charge >= 0.3 is 0 Å². The summed E-state index contributed by atoms with van der Waals surface area (Å²) in [5.41, 5.74) is 0.790. The summed E-state index contributed by atoms with van der Waals surface area (Å²) in [6, 6.07) is 5.50. The van der Waals surface area contributed by atoms with Crippen molar-refractivity contribution in [1.29, 1.82) is 0 Å². The molecule has 1 atom stereocenters. The van der Waals surface area contributed by atoms with Crippen molar-refractivity contribution in [2.24, 2.45) is 0 Å². The Bertz CT molecular complexity index is 380. The van der Waals surface area contributed by atoms with Crippen LogP contribution in [-0.2, 0) is 4.74 Å². The van der Waals surface area contributed by atoms with Gasteiger partial charge in [0, 0.05) is 19.6 Å². The fourth-order valence-corrected chi connectivity index (χ4v) is 2.60. The number of para-hydroxylation sites is 1. The van der Waals surface area contributed by atoms with Gasteiger partial charge in [0.05, 0.1) is 28.4 Å². The Hall–Kier alpha value is -0.480. The number of nitrogens with zero attached hydrogens (tertiary/aromatic N) is 1. The Morgan fingerprint density at radius 1 is 1.39 bits per heavy atom. The van der Waals surface area contributed by atoms with Gasteiger partial charge in [-0.05, 0) is 18.7 Å². The van der Waals surface area contributed by atoms with Crippen LogP contribution in [0.3, 0.4) is 0 Å². The van der Waals surface area contributed by atoms with Crippen molar-refractivity contribution in [1.82, 2.24) is 4.90 Å². The average molecular weight is 289 g/mol. The molecule has 3 nitrogen and oxygen atoms in total. The van der Waals surface area contributed by atoms with Crippen molar-refractivity contribution in [2.45, 2.75) is 13.0 Å². The van der Waals surface area contributed by atoms with E-state index in [0.29, 0.717) is 10.0 Å². The van der Waals surface area contributed by atoms with Crippen molar-refractivity contribution >= 4 is 28.9 Å². The molecule has 0 amide bonds. The lowest BCUT2D eigenvalue weighted by molar-refractivity contribution is -0.0191. The van der Waals surface area contributed by atoms with E-state index in [0.717, 1.165) is 38.5 Å². The van der Waals surface area contributed by atoms with E-state index in [4.69, 9.17) is 27.9 Å². The minimum atomic E-state index is 0.186. The third-order valence-electron chi connectivity index (χ3n) is 3.14. The first-order valence-corrected chi connectivity index (χ1v) is 6.98. The molecule has 0 aromatic heterocycles. The van der Waals surface area contributed by atoms with Gasteiger partial charge in [-0.3, -0.25) is 4.90 Å². The van der Waals surface area contributed by atoms with Crippen molar-refractivity contribution in [3.05, 3.63) is 28.2 Å². The first-order chi connectivity index (χ1) is 8.70. The highest BCUT2D eigenvalue weighted by molar-refractivity contribution is 6.39. The van der Waals surface area contributed by atoms with Gasteiger partial charge in [0.15, 0.2) is 0 Å². The number of ether oxygens (including phenoxy) is 1. The van der Waals surface area contributed by atoms with Gasteiger partial charge in [-0.25, -0.2) is 0 Å². The molecule has 1 unspecified atom stereocenters. The zero-order valence-electron chi connectivity index (χ0n) is 10.5. The summed E-state index contributed by atoms with van der Waals surface area (Å²) in [7, 11) is 0. The van der Waals surface area contributed by atoms with E-state index in [-0.39, 0.29) is 6.10 Å². The monoisotopic (exact) mass is 288 g/mol. The quantitative estimate of drug-likeness (QED) is 0.921. The fraction of sp³-hybridized carbons (Fsp3) is 0.538. The van der Waals surface area contributed by atoms with Crippen LogP contribution in [0.15, 0.2) is 18.2 Å². The van der Waals surface area contributed by atoms with Gasteiger partial charge in [-0.1, -0.05) is 36.2 Å². The zero-order valence-corrected chi connectivity index (χ0v) is 12.0. The Morgan fingerprint density at radius 3 is 2.78 bits per heavy atom. The topological polar surface area (TPSA) is 24.5 Å². The van der Waals surface area contributed by atoms with Crippen LogP contribution in [-0.4, -0.2) is 43.8 Å². The molecular weight excluding hydrogens is 271 g/mol. The van der Waals surface area contributed by atoms with Gasteiger partial charge in [-0.15, -0.1) is 0 Å². The molecule has 0 bridgehead atoms. The molecule has 1 aliphatic heterocycles. The summed E-state index contributed by atoms with van der Waals surface area (Å²) in [6.07, 6.45) is 0.186. The van der Waals surface area contributed by atoms with Crippen LogP contribution in [0.5, 0.6) is 0 Å². The molecule has 0 saturated carbocycles. The van der Waals surface area contributed by atoms with Crippen molar-refractivity contribution < 1.29 is 4.74 Å². The maximum absolute atomic E-state index is 6.10.